The highest BCUT2D eigenvalue weighted by Gasteiger charge is 2.47. The molecule has 9 nitrogen and oxygen atoms in total. The van der Waals surface area contributed by atoms with Crippen LogP contribution >= 0.6 is 0 Å². The van der Waals surface area contributed by atoms with Gasteiger partial charge in [-0.2, -0.15) is 18.4 Å². The van der Waals surface area contributed by atoms with E-state index in [1.54, 1.807) is 6.92 Å². The van der Waals surface area contributed by atoms with E-state index in [4.69, 9.17) is 4.74 Å². The van der Waals surface area contributed by atoms with Gasteiger partial charge in [0, 0.05) is 19.2 Å². The Kier molecular flexibility index (Phi) is 8.96. The number of benzene rings is 1. The second-order valence-electron chi connectivity index (χ2n) is 11.0. The number of sulfone groups is 1. The lowest BCUT2D eigenvalue weighted by Crippen LogP contribution is -2.47. The van der Waals surface area contributed by atoms with Gasteiger partial charge in [-0.25, -0.2) is 13.4 Å². The van der Waals surface area contributed by atoms with Crippen LogP contribution in [0.2, 0.25) is 0 Å². The molecule has 1 amide bonds. The number of nitrogens with zero attached hydrogens (tertiary/aromatic N) is 3. The van der Waals surface area contributed by atoms with Gasteiger partial charge in [-0.05, 0) is 49.8 Å². The van der Waals surface area contributed by atoms with Gasteiger partial charge in [0.2, 0.25) is 0 Å². The van der Waals surface area contributed by atoms with Crippen molar-refractivity contribution in [3.05, 3.63) is 41.0 Å². The minimum atomic E-state index is -4.41. The van der Waals surface area contributed by atoms with Crippen LogP contribution in [0.3, 0.4) is 0 Å². The van der Waals surface area contributed by atoms with E-state index in [1.807, 2.05) is 6.07 Å². The van der Waals surface area contributed by atoms with Gasteiger partial charge in [0.15, 0.2) is 11.4 Å². The Morgan fingerprint density at radius 3 is 2.42 bits per heavy atom. The summed E-state index contributed by atoms with van der Waals surface area (Å²) in [6.07, 6.45) is -2.26. The molecule has 1 aromatic heterocycles. The number of ether oxygens (including phenoxy) is 1. The molecule has 1 heterocycles. The fraction of sp³-hybridized carbons (Fsp3) is 0.593. The number of carbonyl (C=O) groups excluding carboxylic acids is 1. The fourth-order valence-electron chi connectivity index (χ4n) is 4.91. The third-order valence-corrected chi connectivity index (χ3v) is 9.21. The Labute approximate surface area is 232 Å². The zero-order valence-corrected chi connectivity index (χ0v) is 24.0. The quantitative estimate of drug-likeness (QED) is 0.457. The Morgan fingerprint density at radius 2 is 1.93 bits per heavy atom. The van der Waals surface area contributed by atoms with E-state index in [0.29, 0.717) is 23.5 Å². The zero-order chi connectivity index (χ0) is 30.1. The third-order valence-electron chi connectivity index (χ3n) is 7.53. The molecule has 2 aromatic rings. The number of halogens is 3. The number of rotatable bonds is 9. The van der Waals surface area contributed by atoms with Gasteiger partial charge in [0.1, 0.15) is 27.5 Å². The highest BCUT2D eigenvalue weighted by molar-refractivity contribution is 7.91. The van der Waals surface area contributed by atoms with Crippen molar-refractivity contribution >= 4 is 15.7 Å². The van der Waals surface area contributed by atoms with E-state index in [2.05, 4.69) is 10.3 Å². The van der Waals surface area contributed by atoms with Crippen molar-refractivity contribution in [2.45, 2.75) is 76.3 Å². The molecule has 0 radical (unpaired) electrons. The van der Waals surface area contributed by atoms with Crippen LogP contribution in [0.4, 0.5) is 13.2 Å². The summed E-state index contributed by atoms with van der Waals surface area (Å²) < 4.78 is 70.8. The highest BCUT2D eigenvalue weighted by Crippen LogP contribution is 2.41. The molecule has 0 aliphatic heterocycles. The first kappa shape index (κ1) is 31.4. The van der Waals surface area contributed by atoms with Gasteiger partial charge in [-0.3, -0.25) is 9.36 Å². The van der Waals surface area contributed by atoms with Crippen LogP contribution in [-0.2, 0) is 22.7 Å². The SMILES string of the molecule is CCc1nc(C(=O)NCC2(O)CCC(S(C)(=O)=O)CC2)c(C#N)n1-c1ccc(CC(C)(C)C(F)(F)F)cc1OC. The van der Waals surface area contributed by atoms with E-state index in [9.17, 15) is 36.8 Å². The topological polar surface area (TPSA) is 134 Å². The second-order valence-corrected chi connectivity index (χ2v) is 13.4. The van der Waals surface area contributed by atoms with E-state index >= 15 is 0 Å². The summed E-state index contributed by atoms with van der Waals surface area (Å²) in [4.78, 5) is 17.5. The molecule has 0 bridgehead atoms. The number of imidazole rings is 1. The molecule has 40 heavy (non-hydrogen) atoms. The lowest BCUT2D eigenvalue weighted by molar-refractivity contribution is -0.211. The monoisotopic (exact) mass is 584 g/mol. The van der Waals surface area contributed by atoms with Crippen LogP contribution in [-0.4, -0.2) is 65.9 Å². The summed E-state index contributed by atoms with van der Waals surface area (Å²) in [5, 5.41) is 23.0. The molecule has 2 N–H and O–H groups in total. The average Bonchev–Trinajstić information content (AvgIpc) is 3.24. The molecule has 0 spiro atoms. The summed E-state index contributed by atoms with van der Waals surface area (Å²) >= 11 is 0. The van der Waals surface area contributed by atoms with Crippen LogP contribution in [0, 0.1) is 16.7 Å². The molecule has 1 fully saturated rings. The normalized spacial score (nSPS) is 20.1. The number of carbonyl (C=O) groups is 1. The summed E-state index contributed by atoms with van der Waals surface area (Å²) in [5.74, 6) is -0.120. The van der Waals surface area contributed by atoms with Gasteiger partial charge in [0.05, 0.1) is 29.1 Å². The number of nitrogens with one attached hydrogen (secondary N) is 1. The molecule has 0 unspecified atom stereocenters. The van der Waals surface area contributed by atoms with Crippen molar-refractivity contribution in [2.75, 3.05) is 19.9 Å². The van der Waals surface area contributed by atoms with Crippen LogP contribution in [0.15, 0.2) is 18.2 Å². The third kappa shape index (κ3) is 6.61. The molecule has 1 aliphatic carbocycles. The maximum Gasteiger partial charge on any atom is 0.394 e. The number of alkyl halides is 3. The molecule has 3 rings (SSSR count). The predicted molar refractivity (Wildman–Crippen MR) is 142 cm³/mol. The first-order valence-electron chi connectivity index (χ1n) is 12.9. The molecular formula is C27H35F3N4O5S. The van der Waals surface area contributed by atoms with Crippen molar-refractivity contribution in [1.82, 2.24) is 14.9 Å². The summed E-state index contributed by atoms with van der Waals surface area (Å²) in [5.41, 5.74) is -2.80. The van der Waals surface area contributed by atoms with E-state index < -0.39 is 38.2 Å². The minimum absolute atomic E-state index is 0.0937. The van der Waals surface area contributed by atoms with Gasteiger partial charge < -0.3 is 15.2 Å². The number of amides is 1. The highest BCUT2D eigenvalue weighted by atomic mass is 32.2. The van der Waals surface area contributed by atoms with Crippen LogP contribution in [0.5, 0.6) is 5.75 Å². The lowest BCUT2D eigenvalue weighted by atomic mass is 9.84. The summed E-state index contributed by atoms with van der Waals surface area (Å²) in [7, 11) is -1.86. The molecule has 1 saturated carbocycles. The van der Waals surface area contributed by atoms with Crippen LogP contribution in [0.25, 0.3) is 5.69 Å². The van der Waals surface area contributed by atoms with Crippen molar-refractivity contribution < 1.29 is 36.2 Å². The Balaban J connectivity index is 1.88. The number of nitriles is 1. The largest absolute Gasteiger partial charge is 0.495 e. The fourth-order valence-corrected chi connectivity index (χ4v) is 6.01. The van der Waals surface area contributed by atoms with Gasteiger partial charge in [0.25, 0.3) is 5.91 Å². The first-order valence-corrected chi connectivity index (χ1v) is 14.9. The number of hydrogen-bond donors (Lipinski definition) is 2. The van der Waals surface area contributed by atoms with Gasteiger partial charge in [-0.1, -0.05) is 26.8 Å². The maximum absolute atomic E-state index is 13.4. The number of aliphatic hydroxyl groups is 1. The van der Waals surface area contributed by atoms with Crippen molar-refractivity contribution in [3.63, 3.8) is 0 Å². The maximum atomic E-state index is 13.4. The number of hydrogen-bond acceptors (Lipinski definition) is 7. The lowest BCUT2D eigenvalue weighted by Gasteiger charge is -2.35. The van der Waals surface area contributed by atoms with Gasteiger partial charge in [-0.15, -0.1) is 0 Å². The smallest absolute Gasteiger partial charge is 0.394 e. The molecule has 13 heteroatoms. The minimum Gasteiger partial charge on any atom is -0.495 e. The molecule has 0 saturated heterocycles. The summed E-state index contributed by atoms with van der Waals surface area (Å²) in [6, 6.07) is 6.53. The number of aromatic nitrogens is 2. The number of methoxy groups -OCH3 is 1. The van der Waals surface area contributed by atoms with E-state index in [-0.39, 0.29) is 55.8 Å². The van der Waals surface area contributed by atoms with Crippen LogP contribution in [0.1, 0.15) is 74.0 Å². The molecular weight excluding hydrogens is 549 g/mol. The zero-order valence-electron chi connectivity index (χ0n) is 23.2. The molecule has 220 valence electrons. The standard InChI is InChI=1S/C27H35F3N4O5S/c1-6-22-33-23(24(35)32-16-26(36)11-9-18(10-12-26)40(5,37)38)20(15-31)34(22)19-8-7-17(13-21(19)39-4)14-25(2,3)27(28,29)30/h7-8,13,18,36H,6,9-12,14,16H2,1-5H3,(H,32,35). The Bertz CT molecular complexity index is 1400. The molecule has 1 aromatic carbocycles. The first-order chi connectivity index (χ1) is 18.5. The molecule has 0 atom stereocenters. The Hall–Kier alpha value is -3.11. The van der Waals surface area contributed by atoms with E-state index in [1.165, 1.54) is 36.1 Å². The number of aryl methyl sites for hydroxylation is 1. The van der Waals surface area contributed by atoms with Crippen molar-refractivity contribution in [3.8, 4) is 17.5 Å². The van der Waals surface area contributed by atoms with Crippen molar-refractivity contribution in [2.24, 2.45) is 5.41 Å². The average molecular weight is 585 g/mol. The van der Waals surface area contributed by atoms with Crippen LogP contribution < -0.4 is 10.1 Å². The predicted octanol–water partition coefficient (Wildman–Crippen LogP) is 3.89. The molecule has 1 aliphatic rings. The summed E-state index contributed by atoms with van der Waals surface area (Å²) in [6.45, 7) is 3.86. The Morgan fingerprint density at radius 1 is 1.30 bits per heavy atom. The van der Waals surface area contributed by atoms with Crippen molar-refractivity contribution in [1.29, 1.82) is 5.26 Å². The second kappa shape index (κ2) is 11.4. The van der Waals surface area contributed by atoms with Gasteiger partial charge >= 0.3 is 6.18 Å². The van der Waals surface area contributed by atoms with E-state index in [0.717, 1.165) is 13.8 Å².